The summed E-state index contributed by atoms with van der Waals surface area (Å²) in [6, 6.07) is 11.8. The molecule has 0 spiro atoms. The van der Waals surface area contributed by atoms with Gasteiger partial charge in [0.15, 0.2) is 0 Å². The Morgan fingerprint density at radius 3 is 3.05 bits per heavy atom. The van der Waals surface area contributed by atoms with Crippen molar-refractivity contribution in [3.63, 3.8) is 0 Å². The average molecular weight is 312 g/mol. The quantitative estimate of drug-likeness (QED) is 0.724. The topological polar surface area (TPSA) is 41.6 Å². The van der Waals surface area contributed by atoms with E-state index in [4.69, 9.17) is 5.26 Å². The molecule has 2 heterocycles. The zero-order valence-electron chi connectivity index (χ0n) is 10.0. The number of nitriles is 1. The second-order valence-electron chi connectivity index (χ2n) is 4.31. The molecule has 0 saturated carbocycles. The highest BCUT2D eigenvalue weighted by molar-refractivity contribution is 9.10. The zero-order chi connectivity index (χ0) is 13.2. The summed E-state index contributed by atoms with van der Waals surface area (Å²) in [5.41, 5.74) is 2.87. The lowest BCUT2D eigenvalue weighted by molar-refractivity contribution is 0.833. The first-order chi connectivity index (χ1) is 9.28. The molecule has 0 amide bonds. The maximum absolute atomic E-state index is 8.93. The lowest BCUT2D eigenvalue weighted by Gasteiger charge is -2.05. The SMILES string of the molecule is N#Cc1cccc(Cn2cc(Br)c3ccncc32)c1. The summed E-state index contributed by atoms with van der Waals surface area (Å²) in [6.07, 6.45) is 5.69. The van der Waals surface area contributed by atoms with Gasteiger partial charge in [-0.2, -0.15) is 5.26 Å². The van der Waals surface area contributed by atoms with E-state index in [1.807, 2.05) is 42.7 Å². The molecule has 0 radical (unpaired) electrons. The maximum atomic E-state index is 8.93. The highest BCUT2D eigenvalue weighted by Crippen LogP contribution is 2.25. The van der Waals surface area contributed by atoms with Crippen LogP contribution < -0.4 is 0 Å². The number of fused-ring (bicyclic) bond motifs is 1. The van der Waals surface area contributed by atoms with Crippen molar-refractivity contribution >= 4 is 26.8 Å². The van der Waals surface area contributed by atoms with Crippen molar-refractivity contribution in [2.24, 2.45) is 0 Å². The maximum Gasteiger partial charge on any atom is 0.0991 e. The molecule has 1 aromatic carbocycles. The van der Waals surface area contributed by atoms with Crippen LogP contribution in [0, 0.1) is 11.3 Å². The van der Waals surface area contributed by atoms with Crippen LogP contribution in [0.25, 0.3) is 10.9 Å². The van der Waals surface area contributed by atoms with Crippen LogP contribution in [0.2, 0.25) is 0 Å². The van der Waals surface area contributed by atoms with Gasteiger partial charge in [-0.3, -0.25) is 4.98 Å². The zero-order valence-corrected chi connectivity index (χ0v) is 11.6. The van der Waals surface area contributed by atoms with E-state index in [0.717, 1.165) is 27.5 Å². The van der Waals surface area contributed by atoms with Gasteiger partial charge in [0, 0.05) is 28.8 Å². The van der Waals surface area contributed by atoms with E-state index < -0.39 is 0 Å². The van der Waals surface area contributed by atoms with Crippen molar-refractivity contribution in [3.8, 4) is 6.07 Å². The van der Waals surface area contributed by atoms with Crippen LogP contribution >= 0.6 is 15.9 Å². The van der Waals surface area contributed by atoms with Crippen molar-refractivity contribution in [2.45, 2.75) is 6.54 Å². The number of aromatic nitrogens is 2. The number of halogens is 1. The Kier molecular flexibility index (Phi) is 3.06. The van der Waals surface area contributed by atoms with Crippen molar-refractivity contribution in [1.82, 2.24) is 9.55 Å². The Bertz CT molecular complexity index is 783. The van der Waals surface area contributed by atoms with Gasteiger partial charge in [-0.15, -0.1) is 0 Å². The van der Waals surface area contributed by atoms with E-state index in [1.165, 1.54) is 0 Å². The minimum absolute atomic E-state index is 0.686. The molecule has 0 fully saturated rings. The summed E-state index contributed by atoms with van der Waals surface area (Å²) in [4.78, 5) is 4.17. The Hall–Kier alpha value is -2.12. The van der Waals surface area contributed by atoms with E-state index in [1.54, 1.807) is 6.20 Å². The summed E-state index contributed by atoms with van der Waals surface area (Å²) in [6.45, 7) is 0.726. The predicted octanol–water partition coefficient (Wildman–Crippen LogP) is 3.72. The molecule has 3 nitrogen and oxygen atoms in total. The smallest absolute Gasteiger partial charge is 0.0991 e. The van der Waals surface area contributed by atoms with Gasteiger partial charge >= 0.3 is 0 Å². The third kappa shape index (κ3) is 2.25. The molecule has 0 saturated heterocycles. The van der Waals surface area contributed by atoms with Gasteiger partial charge in [-0.1, -0.05) is 12.1 Å². The number of rotatable bonds is 2. The minimum atomic E-state index is 0.686. The first kappa shape index (κ1) is 11.9. The van der Waals surface area contributed by atoms with Crippen LogP contribution in [0.5, 0.6) is 0 Å². The molecule has 0 N–H and O–H groups in total. The van der Waals surface area contributed by atoms with Gasteiger partial charge in [-0.25, -0.2) is 0 Å². The second-order valence-corrected chi connectivity index (χ2v) is 5.16. The first-order valence-corrected chi connectivity index (χ1v) is 6.64. The molecule has 0 aliphatic carbocycles. The van der Waals surface area contributed by atoms with Crippen LogP contribution in [-0.2, 0) is 6.54 Å². The van der Waals surface area contributed by atoms with Crippen LogP contribution in [0.1, 0.15) is 11.1 Å². The van der Waals surface area contributed by atoms with E-state index in [0.29, 0.717) is 5.56 Å². The Labute approximate surface area is 119 Å². The number of pyridine rings is 1. The molecule has 0 aliphatic heterocycles. The fourth-order valence-corrected chi connectivity index (χ4v) is 2.74. The van der Waals surface area contributed by atoms with Crippen LogP contribution in [0.3, 0.4) is 0 Å². The van der Waals surface area contributed by atoms with Crippen molar-refractivity contribution < 1.29 is 0 Å². The second kappa shape index (κ2) is 4.87. The number of nitrogens with zero attached hydrogens (tertiary/aromatic N) is 3. The lowest BCUT2D eigenvalue weighted by atomic mass is 10.1. The van der Waals surface area contributed by atoms with Gasteiger partial charge in [0.2, 0.25) is 0 Å². The van der Waals surface area contributed by atoms with Gasteiger partial charge < -0.3 is 4.57 Å². The molecule has 4 heteroatoms. The van der Waals surface area contributed by atoms with Crippen molar-refractivity contribution in [2.75, 3.05) is 0 Å². The van der Waals surface area contributed by atoms with Gasteiger partial charge in [0.25, 0.3) is 0 Å². The largest absolute Gasteiger partial charge is 0.341 e. The standard InChI is InChI=1S/C15H10BrN3/c16-14-10-19(15-8-18-5-4-13(14)15)9-12-3-1-2-11(6-12)7-17/h1-6,8,10H,9H2. The molecule has 19 heavy (non-hydrogen) atoms. The van der Waals surface area contributed by atoms with Gasteiger partial charge in [0.05, 0.1) is 23.3 Å². The predicted molar refractivity (Wildman–Crippen MR) is 77.7 cm³/mol. The summed E-state index contributed by atoms with van der Waals surface area (Å²) >= 11 is 3.56. The summed E-state index contributed by atoms with van der Waals surface area (Å²) < 4.78 is 3.18. The fraction of sp³-hybridized carbons (Fsp3) is 0.0667. The molecular weight excluding hydrogens is 302 g/mol. The monoisotopic (exact) mass is 311 g/mol. The minimum Gasteiger partial charge on any atom is -0.341 e. The third-order valence-corrected chi connectivity index (χ3v) is 3.68. The normalized spacial score (nSPS) is 10.5. The number of benzene rings is 1. The number of hydrogen-bond donors (Lipinski definition) is 0. The summed E-state index contributed by atoms with van der Waals surface area (Å²) in [7, 11) is 0. The summed E-state index contributed by atoms with van der Waals surface area (Å²) in [5, 5.41) is 10.1. The highest BCUT2D eigenvalue weighted by atomic mass is 79.9. The number of hydrogen-bond acceptors (Lipinski definition) is 2. The average Bonchev–Trinajstić information content (AvgIpc) is 2.76. The van der Waals surface area contributed by atoms with Crippen molar-refractivity contribution in [1.29, 1.82) is 5.26 Å². The van der Waals surface area contributed by atoms with Crippen LogP contribution in [0.15, 0.2) is 53.4 Å². The first-order valence-electron chi connectivity index (χ1n) is 5.85. The molecule has 0 bridgehead atoms. The molecule has 0 atom stereocenters. The Morgan fingerprint density at radius 1 is 1.32 bits per heavy atom. The van der Waals surface area contributed by atoms with Gasteiger partial charge in [-0.05, 0) is 39.7 Å². The van der Waals surface area contributed by atoms with Crippen LogP contribution in [-0.4, -0.2) is 9.55 Å². The van der Waals surface area contributed by atoms with E-state index in [-0.39, 0.29) is 0 Å². The fourth-order valence-electron chi connectivity index (χ4n) is 2.16. The molecule has 0 aliphatic rings. The van der Waals surface area contributed by atoms with E-state index in [2.05, 4.69) is 31.6 Å². The van der Waals surface area contributed by atoms with Crippen LogP contribution in [0.4, 0.5) is 0 Å². The molecule has 0 unspecified atom stereocenters. The molecular formula is C15H10BrN3. The third-order valence-electron chi connectivity index (χ3n) is 3.04. The molecule has 3 aromatic rings. The molecule has 2 aromatic heterocycles. The highest BCUT2D eigenvalue weighted by Gasteiger charge is 2.06. The molecule has 3 rings (SSSR count). The lowest BCUT2D eigenvalue weighted by Crippen LogP contribution is -1.98. The Balaban J connectivity index is 2.04. The summed E-state index contributed by atoms with van der Waals surface area (Å²) in [5.74, 6) is 0. The molecule has 92 valence electrons. The Morgan fingerprint density at radius 2 is 2.21 bits per heavy atom. The van der Waals surface area contributed by atoms with Crippen molar-refractivity contribution in [3.05, 3.63) is 64.5 Å². The van der Waals surface area contributed by atoms with Gasteiger partial charge in [0.1, 0.15) is 0 Å². The van der Waals surface area contributed by atoms with E-state index >= 15 is 0 Å². The van der Waals surface area contributed by atoms with E-state index in [9.17, 15) is 0 Å².